The SMILES string of the molecule is FC(F)(F)c1ccc(-c2ccc3c(c2)c2ccccc2n3-c2ccc(-c3nc(-c4ccccc4)nc(-c4ccccc4)n3)c(-c3ccc(C(F)(F)F)cc3C(F)(F)F)c2)c(C(F)(F)F)c1. The molecule has 65 heavy (non-hydrogen) atoms. The monoisotopic (exact) mass is 898 g/mol. The number of halogens is 12. The highest BCUT2D eigenvalue weighted by Crippen LogP contribution is 2.46. The van der Waals surface area contributed by atoms with Gasteiger partial charge in [0.25, 0.3) is 0 Å². The van der Waals surface area contributed by atoms with E-state index in [1.165, 1.54) is 36.4 Å². The second kappa shape index (κ2) is 15.6. The standard InChI is InChI=1S/C49H26F12N4/c50-46(51,52)30-16-19-33(39(24-30)48(56,57)58)29-15-22-42-38(23-29)35-13-7-8-14-41(35)65(42)32-18-21-36(37(26-32)34-20-17-31(47(53,54)55)25-40(34)49(59,60)61)45-63-43(27-9-3-1-4-10-27)62-44(64-45)28-11-5-2-6-12-28/h1-26H. The van der Waals surface area contributed by atoms with Crippen LogP contribution in [0.1, 0.15) is 22.3 Å². The van der Waals surface area contributed by atoms with Crippen molar-refractivity contribution in [2.24, 2.45) is 0 Å². The second-order valence-electron chi connectivity index (χ2n) is 14.9. The van der Waals surface area contributed by atoms with Crippen molar-refractivity contribution in [1.82, 2.24) is 19.5 Å². The van der Waals surface area contributed by atoms with Crippen LogP contribution in [0.3, 0.4) is 0 Å². The van der Waals surface area contributed by atoms with Gasteiger partial charge in [-0.25, -0.2) is 15.0 Å². The van der Waals surface area contributed by atoms with Gasteiger partial charge >= 0.3 is 24.7 Å². The van der Waals surface area contributed by atoms with Crippen LogP contribution >= 0.6 is 0 Å². The van der Waals surface area contributed by atoms with E-state index in [0.29, 0.717) is 45.1 Å². The van der Waals surface area contributed by atoms with Gasteiger partial charge in [0.2, 0.25) is 0 Å². The van der Waals surface area contributed by atoms with Crippen LogP contribution in [0.15, 0.2) is 158 Å². The number of benzene rings is 7. The molecule has 0 aliphatic heterocycles. The third-order valence-corrected chi connectivity index (χ3v) is 10.8. The Labute approximate surface area is 360 Å². The number of hydrogen-bond donors (Lipinski definition) is 0. The fraction of sp³-hybridized carbons (Fsp3) is 0.0816. The molecule has 9 aromatic rings. The summed E-state index contributed by atoms with van der Waals surface area (Å²) >= 11 is 0. The van der Waals surface area contributed by atoms with E-state index < -0.39 is 58.1 Å². The summed E-state index contributed by atoms with van der Waals surface area (Å²) in [7, 11) is 0. The molecule has 0 aliphatic rings. The first-order valence-corrected chi connectivity index (χ1v) is 19.4. The Morgan fingerprint density at radius 3 is 1.35 bits per heavy atom. The van der Waals surface area contributed by atoms with Gasteiger partial charge in [0.15, 0.2) is 17.5 Å². The average Bonchev–Trinajstić information content (AvgIpc) is 3.61. The van der Waals surface area contributed by atoms with Crippen molar-refractivity contribution < 1.29 is 52.7 Å². The Hall–Kier alpha value is -7.49. The van der Waals surface area contributed by atoms with Crippen LogP contribution < -0.4 is 0 Å². The van der Waals surface area contributed by atoms with Gasteiger partial charge in [0, 0.05) is 33.2 Å². The minimum atomic E-state index is -5.30. The highest BCUT2D eigenvalue weighted by molar-refractivity contribution is 6.10. The molecule has 0 radical (unpaired) electrons. The van der Waals surface area contributed by atoms with Crippen molar-refractivity contribution in [1.29, 1.82) is 0 Å². The lowest BCUT2D eigenvalue weighted by molar-refractivity contribution is -0.144. The largest absolute Gasteiger partial charge is 0.417 e. The number of para-hydroxylation sites is 1. The zero-order valence-electron chi connectivity index (χ0n) is 32.8. The second-order valence-corrected chi connectivity index (χ2v) is 14.9. The van der Waals surface area contributed by atoms with Crippen LogP contribution in [0.4, 0.5) is 52.7 Å². The molecule has 0 atom stereocenters. The number of nitrogens with zero attached hydrogens (tertiary/aromatic N) is 4. The molecule has 0 spiro atoms. The average molecular weight is 899 g/mol. The van der Waals surface area contributed by atoms with E-state index in [0.717, 1.165) is 12.1 Å². The molecule has 0 N–H and O–H groups in total. The Balaban J connectivity index is 1.31. The van der Waals surface area contributed by atoms with Gasteiger partial charge < -0.3 is 4.57 Å². The van der Waals surface area contributed by atoms with Crippen LogP contribution in [-0.2, 0) is 24.7 Å². The van der Waals surface area contributed by atoms with Crippen molar-refractivity contribution in [2.75, 3.05) is 0 Å². The summed E-state index contributed by atoms with van der Waals surface area (Å²) in [5.74, 6) is 0.178. The van der Waals surface area contributed by atoms with Crippen LogP contribution in [0.2, 0.25) is 0 Å². The summed E-state index contributed by atoms with van der Waals surface area (Å²) in [6.07, 6.45) is -20.7. The quantitative estimate of drug-likeness (QED) is 0.156. The first-order chi connectivity index (χ1) is 30.8. The first kappa shape index (κ1) is 42.8. The maximum atomic E-state index is 15.0. The molecule has 0 unspecified atom stereocenters. The summed E-state index contributed by atoms with van der Waals surface area (Å²) < 4.78 is 172. The maximum absolute atomic E-state index is 15.0. The molecule has 2 aromatic heterocycles. The molecule has 2 heterocycles. The van der Waals surface area contributed by atoms with Gasteiger partial charge in [0.05, 0.1) is 33.3 Å². The molecule has 0 aliphatic carbocycles. The third-order valence-electron chi connectivity index (χ3n) is 10.8. The summed E-state index contributed by atoms with van der Waals surface area (Å²) in [4.78, 5) is 14.0. The zero-order valence-corrected chi connectivity index (χ0v) is 32.8. The summed E-state index contributed by atoms with van der Waals surface area (Å²) in [5, 5.41) is 0.790. The molecule has 0 fully saturated rings. The molecule has 326 valence electrons. The first-order valence-electron chi connectivity index (χ1n) is 19.4. The molecule has 0 saturated heterocycles. The van der Waals surface area contributed by atoms with Gasteiger partial charge in [-0.3, -0.25) is 0 Å². The summed E-state index contributed by atoms with van der Waals surface area (Å²) in [5.41, 5.74) is -5.64. The van der Waals surface area contributed by atoms with Crippen LogP contribution in [0.5, 0.6) is 0 Å². The van der Waals surface area contributed by atoms with Gasteiger partial charge in [-0.2, -0.15) is 52.7 Å². The van der Waals surface area contributed by atoms with Gasteiger partial charge in [0.1, 0.15) is 0 Å². The van der Waals surface area contributed by atoms with Crippen molar-refractivity contribution >= 4 is 21.8 Å². The minimum absolute atomic E-state index is 0.0131. The molecule has 4 nitrogen and oxygen atoms in total. The molecule has 0 amide bonds. The highest BCUT2D eigenvalue weighted by atomic mass is 19.4. The van der Waals surface area contributed by atoms with Gasteiger partial charge in [-0.05, 0) is 82.9 Å². The minimum Gasteiger partial charge on any atom is -0.309 e. The number of alkyl halides is 12. The lowest BCUT2D eigenvalue weighted by Crippen LogP contribution is -2.12. The smallest absolute Gasteiger partial charge is 0.309 e. The molecular weight excluding hydrogens is 873 g/mol. The van der Waals surface area contributed by atoms with E-state index in [4.69, 9.17) is 0 Å². The van der Waals surface area contributed by atoms with E-state index in [2.05, 4.69) is 15.0 Å². The van der Waals surface area contributed by atoms with E-state index in [1.807, 2.05) is 0 Å². The van der Waals surface area contributed by atoms with E-state index in [9.17, 15) is 39.5 Å². The predicted octanol–water partition coefficient (Wildman–Crippen LogP) is 15.4. The maximum Gasteiger partial charge on any atom is 0.417 e. The van der Waals surface area contributed by atoms with E-state index >= 15 is 13.2 Å². The van der Waals surface area contributed by atoms with Crippen LogP contribution in [0.25, 0.3) is 83.9 Å². The van der Waals surface area contributed by atoms with Crippen molar-refractivity contribution in [3.63, 3.8) is 0 Å². The Morgan fingerprint density at radius 2 is 0.800 bits per heavy atom. The van der Waals surface area contributed by atoms with E-state index in [1.54, 1.807) is 89.5 Å². The molecule has 9 rings (SSSR count). The Bertz CT molecular complexity index is 3200. The number of aromatic nitrogens is 4. The predicted molar refractivity (Wildman–Crippen MR) is 221 cm³/mol. The van der Waals surface area contributed by atoms with Crippen molar-refractivity contribution in [3.05, 3.63) is 180 Å². The lowest BCUT2D eigenvalue weighted by Gasteiger charge is -2.20. The van der Waals surface area contributed by atoms with Crippen LogP contribution in [0, 0.1) is 0 Å². The fourth-order valence-corrected chi connectivity index (χ4v) is 7.83. The van der Waals surface area contributed by atoms with Crippen LogP contribution in [-0.4, -0.2) is 19.5 Å². The Morgan fingerprint density at radius 1 is 0.323 bits per heavy atom. The van der Waals surface area contributed by atoms with Crippen molar-refractivity contribution in [3.8, 4) is 62.1 Å². The third kappa shape index (κ3) is 8.15. The van der Waals surface area contributed by atoms with Crippen molar-refractivity contribution in [2.45, 2.75) is 24.7 Å². The molecular formula is C49H26F12N4. The zero-order chi connectivity index (χ0) is 46.1. The topological polar surface area (TPSA) is 43.6 Å². The van der Waals surface area contributed by atoms with E-state index in [-0.39, 0.29) is 52.0 Å². The molecule has 7 aromatic carbocycles. The number of rotatable bonds is 6. The molecule has 0 saturated carbocycles. The lowest BCUT2D eigenvalue weighted by atomic mass is 9.92. The summed E-state index contributed by atoms with van der Waals surface area (Å²) in [6, 6.07) is 34.9. The molecule has 16 heteroatoms. The Kier molecular flexibility index (Phi) is 10.3. The van der Waals surface area contributed by atoms with Gasteiger partial charge in [-0.15, -0.1) is 0 Å². The normalized spacial score (nSPS) is 12.6. The number of fused-ring (bicyclic) bond motifs is 3. The van der Waals surface area contributed by atoms with Gasteiger partial charge in [-0.1, -0.05) is 97.1 Å². The fourth-order valence-electron chi connectivity index (χ4n) is 7.83. The summed E-state index contributed by atoms with van der Waals surface area (Å²) in [6.45, 7) is 0. The highest BCUT2D eigenvalue weighted by Gasteiger charge is 2.40. The molecule has 0 bridgehead atoms. The number of hydrogen-bond acceptors (Lipinski definition) is 3.